The van der Waals surface area contributed by atoms with Gasteiger partial charge in [0.25, 0.3) is 5.91 Å². The number of H-pyrrole nitrogens is 1. The number of methoxy groups -OCH3 is 1. The van der Waals surface area contributed by atoms with Crippen molar-refractivity contribution in [1.82, 2.24) is 19.8 Å². The molecule has 0 atom stereocenters. The molecule has 0 aliphatic carbocycles. The average molecular weight is 436 g/mol. The molecule has 0 radical (unpaired) electrons. The Morgan fingerprint density at radius 1 is 1.33 bits per heavy atom. The van der Waals surface area contributed by atoms with Crippen LogP contribution in [-0.2, 0) is 14.3 Å². The predicted molar refractivity (Wildman–Crippen MR) is 99.0 cm³/mol. The number of nitrogens with zero attached hydrogens (tertiary/aromatic N) is 3. The van der Waals surface area contributed by atoms with E-state index in [4.69, 9.17) is 19.4 Å². The molecule has 30 heavy (non-hydrogen) atoms. The lowest BCUT2D eigenvalue weighted by atomic mass is 9.78. The second-order valence-corrected chi connectivity index (χ2v) is 7.38. The number of halogens is 3. The Morgan fingerprint density at radius 3 is 2.53 bits per heavy atom. The van der Waals surface area contributed by atoms with E-state index in [-0.39, 0.29) is 11.3 Å². The van der Waals surface area contributed by atoms with Crippen molar-refractivity contribution in [1.29, 1.82) is 0 Å². The van der Waals surface area contributed by atoms with Crippen molar-refractivity contribution < 1.29 is 37.3 Å². The maximum Gasteiger partial charge on any atom is 0.490 e. The molecule has 1 amide bonds. The van der Waals surface area contributed by atoms with E-state index in [1.54, 1.807) is 19.6 Å². The van der Waals surface area contributed by atoms with E-state index in [1.165, 1.54) is 0 Å². The largest absolute Gasteiger partial charge is 0.490 e. The first-order valence-corrected chi connectivity index (χ1v) is 9.54. The van der Waals surface area contributed by atoms with Crippen molar-refractivity contribution in [2.24, 2.45) is 5.41 Å². The van der Waals surface area contributed by atoms with Gasteiger partial charge in [-0.1, -0.05) is 0 Å². The summed E-state index contributed by atoms with van der Waals surface area (Å²) >= 11 is 0. The zero-order valence-electron chi connectivity index (χ0n) is 16.8. The van der Waals surface area contributed by atoms with Crippen LogP contribution in [0.5, 0.6) is 0 Å². The molecule has 1 aromatic heterocycles. The lowest BCUT2D eigenvalue weighted by Gasteiger charge is -2.42. The fourth-order valence-corrected chi connectivity index (χ4v) is 3.52. The van der Waals surface area contributed by atoms with Gasteiger partial charge in [0.15, 0.2) is 0 Å². The van der Waals surface area contributed by atoms with Crippen LogP contribution in [0.2, 0.25) is 0 Å². The van der Waals surface area contributed by atoms with Gasteiger partial charge in [0.2, 0.25) is 0 Å². The average Bonchev–Trinajstić information content (AvgIpc) is 3.17. The van der Waals surface area contributed by atoms with Crippen LogP contribution in [-0.4, -0.2) is 103 Å². The Labute approximate surface area is 172 Å². The number of imidazole rings is 1. The summed E-state index contributed by atoms with van der Waals surface area (Å²) in [5, 5.41) is 7.12. The molecule has 0 saturated carbocycles. The minimum absolute atomic E-state index is 0.0446. The van der Waals surface area contributed by atoms with Gasteiger partial charge in [-0.15, -0.1) is 0 Å². The Kier molecular flexibility index (Phi) is 8.62. The maximum atomic E-state index is 12.4. The third-order valence-corrected chi connectivity index (χ3v) is 5.21. The monoisotopic (exact) mass is 436 g/mol. The Bertz CT molecular complexity index is 676. The number of aromatic amines is 1. The Balaban J connectivity index is 0.000000396. The highest BCUT2D eigenvalue weighted by atomic mass is 19.4. The summed E-state index contributed by atoms with van der Waals surface area (Å²) in [5.41, 5.74) is 0.731. The Morgan fingerprint density at radius 2 is 2.00 bits per heavy atom. The number of likely N-dealkylation sites (tertiary alicyclic amines) is 1. The molecule has 2 aliphatic heterocycles. The lowest BCUT2D eigenvalue weighted by molar-refractivity contribution is -0.192. The van der Waals surface area contributed by atoms with E-state index in [0.29, 0.717) is 5.69 Å². The second-order valence-electron chi connectivity index (χ2n) is 7.38. The highest BCUT2D eigenvalue weighted by Gasteiger charge is 2.39. The number of piperidine rings is 1. The van der Waals surface area contributed by atoms with E-state index >= 15 is 0 Å². The van der Waals surface area contributed by atoms with Crippen molar-refractivity contribution in [2.75, 3.05) is 59.7 Å². The molecule has 2 saturated heterocycles. The number of rotatable bonds is 4. The number of aromatic nitrogens is 2. The van der Waals surface area contributed by atoms with E-state index < -0.39 is 12.1 Å². The van der Waals surface area contributed by atoms with E-state index in [9.17, 15) is 18.0 Å². The number of amides is 1. The summed E-state index contributed by atoms with van der Waals surface area (Å²) < 4.78 is 42.8. The van der Waals surface area contributed by atoms with Crippen LogP contribution in [0.25, 0.3) is 0 Å². The molecule has 9 nitrogen and oxygen atoms in total. The van der Waals surface area contributed by atoms with Crippen LogP contribution in [0.1, 0.15) is 23.3 Å². The molecule has 170 valence electrons. The summed E-state index contributed by atoms with van der Waals surface area (Å²) in [6, 6.07) is 0. The van der Waals surface area contributed by atoms with Gasteiger partial charge in [0, 0.05) is 45.2 Å². The molecular weight excluding hydrogens is 409 g/mol. The van der Waals surface area contributed by atoms with Crippen LogP contribution in [0.3, 0.4) is 0 Å². The zero-order chi connectivity index (χ0) is 22.2. The van der Waals surface area contributed by atoms with Crippen molar-refractivity contribution in [3.8, 4) is 0 Å². The number of carbonyl (C=O) groups is 2. The van der Waals surface area contributed by atoms with Gasteiger partial charge in [-0.2, -0.15) is 13.2 Å². The normalized spacial score (nSPS) is 19.7. The maximum absolute atomic E-state index is 12.4. The first-order chi connectivity index (χ1) is 14.2. The first kappa shape index (κ1) is 24.1. The lowest BCUT2D eigenvalue weighted by Crippen LogP contribution is -2.49. The standard InChI is InChI=1S/C16H26N4O3.C2HF3O2/c1-22-8-6-19-7-9-23-12-16(11-19)2-4-20(5-3-16)15(21)14-10-17-13-18-14;3-2(4,5)1(6)7/h10,13H,2-9,11-12H2,1H3,(H,17,18);(H,6,7). The minimum atomic E-state index is -5.08. The summed E-state index contributed by atoms with van der Waals surface area (Å²) in [5.74, 6) is -2.71. The number of carboxylic acid groups (broad SMARTS) is 1. The summed E-state index contributed by atoms with van der Waals surface area (Å²) in [7, 11) is 1.74. The number of alkyl halides is 3. The smallest absolute Gasteiger partial charge is 0.475 e. The highest BCUT2D eigenvalue weighted by Crippen LogP contribution is 2.34. The summed E-state index contributed by atoms with van der Waals surface area (Å²) in [6.45, 7) is 6.81. The van der Waals surface area contributed by atoms with Crippen molar-refractivity contribution in [2.45, 2.75) is 19.0 Å². The van der Waals surface area contributed by atoms with E-state index in [1.807, 2.05) is 4.90 Å². The number of hydrogen-bond acceptors (Lipinski definition) is 6. The molecule has 1 aromatic rings. The molecule has 2 N–H and O–H groups in total. The van der Waals surface area contributed by atoms with E-state index in [0.717, 1.165) is 65.4 Å². The fraction of sp³-hybridized carbons (Fsp3) is 0.722. The van der Waals surface area contributed by atoms with Crippen LogP contribution in [0, 0.1) is 5.41 Å². The molecule has 2 fully saturated rings. The summed E-state index contributed by atoms with van der Waals surface area (Å²) in [6.07, 6.45) is 0.0200. The first-order valence-electron chi connectivity index (χ1n) is 9.54. The van der Waals surface area contributed by atoms with E-state index in [2.05, 4.69) is 14.9 Å². The second kappa shape index (κ2) is 10.7. The fourth-order valence-electron chi connectivity index (χ4n) is 3.52. The number of hydrogen-bond donors (Lipinski definition) is 2. The molecule has 0 aromatic carbocycles. The number of ether oxygens (including phenoxy) is 2. The molecular formula is C18H27F3N4O5. The van der Waals surface area contributed by atoms with Gasteiger partial charge >= 0.3 is 12.1 Å². The van der Waals surface area contributed by atoms with Crippen LogP contribution < -0.4 is 0 Å². The van der Waals surface area contributed by atoms with Gasteiger partial charge < -0.3 is 24.5 Å². The van der Waals surface area contributed by atoms with Gasteiger partial charge in [0.05, 0.1) is 32.3 Å². The molecule has 12 heteroatoms. The van der Waals surface area contributed by atoms with Crippen LogP contribution in [0.15, 0.2) is 12.5 Å². The third kappa shape index (κ3) is 6.96. The molecule has 2 aliphatic rings. The number of carbonyl (C=O) groups excluding carboxylic acids is 1. The van der Waals surface area contributed by atoms with Crippen LogP contribution >= 0.6 is 0 Å². The molecule has 0 unspecified atom stereocenters. The van der Waals surface area contributed by atoms with Crippen molar-refractivity contribution >= 4 is 11.9 Å². The molecule has 3 heterocycles. The van der Waals surface area contributed by atoms with Gasteiger partial charge in [-0.3, -0.25) is 9.69 Å². The van der Waals surface area contributed by atoms with Crippen molar-refractivity contribution in [3.63, 3.8) is 0 Å². The van der Waals surface area contributed by atoms with Crippen molar-refractivity contribution in [3.05, 3.63) is 18.2 Å². The topological polar surface area (TPSA) is 108 Å². The van der Waals surface area contributed by atoms with Gasteiger partial charge in [-0.05, 0) is 12.8 Å². The molecule has 3 rings (SSSR count). The Hall–Kier alpha value is -2.18. The zero-order valence-corrected chi connectivity index (χ0v) is 16.8. The predicted octanol–water partition coefficient (Wildman–Crippen LogP) is 1.24. The van der Waals surface area contributed by atoms with Gasteiger partial charge in [-0.25, -0.2) is 9.78 Å². The minimum Gasteiger partial charge on any atom is -0.475 e. The number of aliphatic carboxylic acids is 1. The molecule has 0 bridgehead atoms. The number of nitrogens with one attached hydrogen (secondary N) is 1. The highest BCUT2D eigenvalue weighted by molar-refractivity contribution is 5.92. The number of carboxylic acids is 1. The molecule has 1 spiro atoms. The third-order valence-electron chi connectivity index (χ3n) is 5.21. The SMILES string of the molecule is COCCN1CCOCC2(CCN(C(=O)c3cnc[nH]3)CC2)C1.O=C(O)C(F)(F)F. The quantitative estimate of drug-likeness (QED) is 0.731. The van der Waals surface area contributed by atoms with Gasteiger partial charge in [0.1, 0.15) is 5.69 Å². The summed E-state index contributed by atoms with van der Waals surface area (Å²) in [4.78, 5) is 32.5. The van der Waals surface area contributed by atoms with Crippen LogP contribution in [0.4, 0.5) is 13.2 Å².